The Balaban J connectivity index is 2.10. The topological polar surface area (TPSA) is 65.7 Å². The fraction of sp³-hybridized carbons (Fsp3) is 0.267. The number of rotatable bonds is 4. The number of imidazole rings is 1. The van der Waals surface area contributed by atoms with Gasteiger partial charge in [-0.05, 0) is 31.5 Å². The second kappa shape index (κ2) is 5.49. The molecular weight excluding hydrogens is 270 g/mol. The van der Waals surface area contributed by atoms with Crippen LogP contribution in [0.25, 0.3) is 16.8 Å². The van der Waals surface area contributed by atoms with E-state index in [-0.39, 0.29) is 6.42 Å². The predicted molar refractivity (Wildman–Crippen MR) is 76.7 cm³/mol. The Kier molecular flexibility index (Phi) is 3.53. The molecule has 0 amide bonds. The molecule has 0 aliphatic rings. The highest BCUT2D eigenvalue weighted by Gasteiger charge is 2.14. The van der Waals surface area contributed by atoms with Crippen LogP contribution in [-0.2, 0) is 21.0 Å². The van der Waals surface area contributed by atoms with Gasteiger partial charge >= 0.3 is 5.97 Å². The Labute approximate surface area is 121 Å². The number of aromatic nitrogens is 3. The highest BCUT2D eigenvalue weighted by molar-refractivity contribution is 5.86. The minimum absolute atomic E-state index is 0.124. The van der Waals surface area contributed by atoms with E-state index in [4.69, 9.17) is 0 Å². The fourth-order valence-corrected chi connectivity index (χ4v) is 2.34. The monoisotopic (exact) mass is 285 g/mol. The van der Waals surface area contributed by atoms with Gasteiger partial charge in [-0.15, -0.1) is 0 Å². The third-order valence-electron chi connectivity index (χ3n) is 3.21. The number of hydrogen-bond donors (Lipinski definition) is 0. The Morgan fingerprint density at radius 3 is 3.00 bits per heavy atom. The molecule has 0 N–H and O–H groups in total. The molecule has 0 saturated carbocycles. The summed E-state index contributed by atoms with van der Waals surface area (Å²) in [5, 5.41) is 0. The number of nitrogens with zero attached hydrogens (tertiary/aromatic N) is 3. The van der Waals surface area contributed by atoms with Crippen molar-refractivity contribution in [1.82, 2.24) is 14.4 Å². The first-order valence-corrected chi connectivity index (χ1v) is 6.74. The van der Waals surface area contributed by atoms with Gasteiger partial charge in [-0.25, -0.2) is 14.8 Å². The Morgan fingerprint density at radius 2 is 2.19 bits per heavy atom. The van der Waals surface area contributed by atoms with Crippen LogP contribution in [0.4, 0.5) is 0 Å². The minimum atomic E-state index is -0.430. The number of benzene rings is 1. The molecule has 0 atom stereocenters. The lowest BCUT2D eigenvalue weighted by Gasteiger charge is -2.05. The van der Waals surface area contributed by atoms with Gasteiger partial charge in [-0.2, -0.15) is 4.89 Å². The summed E-state index contributed by atoms with van der Waals surface area (Å²) in [6, 6.07) is 7.56. The standard InChI is InChI=1S/C15H15N3O3/c1-3-20-21-13(19)9-11-5-4-6-12-14(11)18-10(2)7-8-16-15(18)17-12/h4-8H,3,9H2,1-2H3. The quantitative estimate of drug-likeness (QED) is 0.543. The van der Waals surface area contributed by atoms with Crippen LogP contribution in [0.2, 0.25) is 0 Å². The van der Waals surface area contributed by atoms with E-state index >= 15 is 0 Å². The van der Waals surface area contributed by atoms with Crippen LogP contribution in [0, 0.1) is 6.92 Å². The summed E-state index contributed by atoms with van der Waals surface area (Å²) < 4.78 is 1.94. The van der Waals surface area contributed by atoms with Gasteiger partial charge in [0, 0.05) is 11.9 Å². The molecule has 21 heavy (non-hydrogen) atoms. The smallest absolute Gasteiger partial charge is 0.298 e. The summed E-state index contributed by atoms with van der Waals surface area (Å²) in [6.07, 6.45) is 1.85. The SMILES string of the molecule is CCOOC(=O)Cc1cccc2nc3nccc(C)n3c12. The molecule has 0 fully saturated rings. The minimum Gasteiger partial charge on any atom is -0.298 e. The lowest BCUT2D eigenvalue weighted by atomic mass is 10.1. The summed E-state index contributed by atoms with van der Waals surface area (Å²) >= 11 is 0. The number of fused-ring (bicyclic) bond motifs is 3. The highest BCUT2D eigenvalue weighted by Crippen LogP contribution is 2.22. The highest BCUT2D eigenvalue weighted by atomic mass is 17.2. The summed E-state index contributed by atoms with van der Waals surface area (Å²) in [6.45, 7) is 4.06. The molecule has 6 heteroatoms. The third-order valence-corrected chi connectivity index (χ3v) is 3.21. The number of carbonyl (C=O) groups is 1. The Morgan fingerprint density at radius 1 is 1.33 bits per heavy atom. The van der Waals surface area contributed by atoms with Gasteiger partial charge in [-0.1, -0.05) is 12.1 Å². The fourth-order valence-electron chi connectivity index (χ4n) is 2.34. The van der Waals surface area contributed by atoms with E-state index in [1.165, 1.54) is 0 Å². The van der Waals surface area contributed by atoms with Crippen molar-refractivity contribution in [2.24, 2.45) is 0 Å². The van der Waals surface area contributed by atoms with Gasteiger partial charge in [0.05, 0.1) is 24.1 Å². The van der Waals surface area contributed by atoms with E-state index in [9.17, 15) is 4.79 Å². The van der Waals surface area contributed by atoms with Crippen molar-refractivity contribution >= 4 is 22.8 Å². The zero-order valence-electron chi connectivity index (χ0n) is 11.9. The largest absolute Gasteiger partial charge is 0.346 e. The lowest BCUT2D eigenvalue weighted by Crippen LogP contribution is -2.09. The van der Waals surface area contributed by atoms with Crippen LogP contribution in [0.1, 0.15) is 18.2 Å². The first-order chi connectivity index (χ1) is 10.2. The summed E-state index contributed by atoms with van der Waals surface area (Å²) in [7, 11) is 0. The molecule has 6 nitrogen and oxygen atoms in total. The van der Waals surface area contributed by atoms with E-state index in [2.05, 4.69) is 19.7 Å². The van der Waals surface area contributed by atoms with Gasteiger partial charge in [0.2, 0.25) is 5.78 Å². The van der Waals surface area contributed by atoms with Crippen molar-refractivity contribution < 1.29 is 14.6 Å². The normalized spacial score (nSPS) is 11.1. The van der Waals surface area contributed by atoms with Crippen molar-refractivity contribution in [3.8, 4) is 0 Å². The first kappa shape index (κ1) is 13.5. The molecule has 0 bridgehead atoms. The second-order valence-electron chi connectivity index (χ2n) is 4.66. The van der Waals surface area contributed by atoms with Crippen molar-refractivity contribution in [3.05, 3.63) is 41.7 Å². The van der Waals surface area contributed by atoms with Crippen LogP contribution in [0.15, 0.2) is 30.5 Å². The van der Waals surface area contributed by atoms with E-state index in [0.29, 0.717) is 12.4 Å². The van der Waals surface area contributed by atoms with E-state index in [1.54, 1.807) is 13.1 Å². The van der Waals surface area contributed by atoms with E-state index in [1.807, 2.05) is 35.6 Å². The Hall–Kier alpha value is -2.47. The van der Waals surface area contributed by atoms with Crippen molar-refractivity contribution in [2.45, 2.75) is 20.3 Å². The van der Waals surface area contributed by atoms with Crippen LogP contribution >= 0.6 is 0 Å². The molecule has 0 unspecified atom stereocenters. The first-order valence-electron chi connectivity index (χ1n) is 6.74. The summed E-state index contributed by atoms with van der Waals surface area (Å²) in [4.78, 5) is 29.9. The number of carbonyl (C=O) groups excluding carboxylic acids is 1. The molecule has 3 aromatic rings. The zero-order valence-corrected chi connectivity index (χ0v) is 11.9. The third kappa shape index (κ3) is 2.45. The second-order valence-corrected chi connectivity index (χ2v) is 4.66. The summed E-state index contributed by atoms with van der Waals surface area (Å²) in [5.74, 6) is 0.191. The van der Waals surface area contributed by atoms with Gasteiger partial charge in [0.1, 0.15) is 0 Å². The zero-order chi connectivity index (χ0) is 14.8. The number of aryl methyl sites for hydroxylation is 1. The lowest BCUT2D eigenvalue weighted by molar-refractivity contribution is -0.268. The molecule has 0 saturated heterocycles. The van der Waals surface area contributed by atoms with Gasteiger partial charge in [0.25, 0.3) is 0 Å². The van der Waals surface area contributed by atoms with Crippen LogP contribution in [0.5, 0.6) is 0 Å². The molecule has 0 spiro atoms. The molecule has 1 aromatic carbocycles. The molecular formula is C15H15N3O3. The average Bonchev–Trinajstić information content (AvgIpc) is 2.86. The van der Waals surface area contributed by atoms with Gasteiger partial charge < -0.3 is 0 Å². The molecule has 0 aliphatic carbocycles. The van der Waals surface area contributed by atoms with E-state index in [0.717, 1.165) is 22.3 Å². The van der Waals surface area contributed by atoms with Crippen molar-refractivity contribution in [2.75, 3.05) is 6.61 Å². The van der Waals surface area contributed by atoms with E-state index < -0.39 is 5.97 Å². The predicted octanol–water partition coefficient (Wildman–Crippen LogP) is 2.23. The van der Waals surface area contributed by atoms with Gasteiger partial charge in [0.15, 0.2) is 0 Å². The Bertz CT molecular complexity index is 810. The maximum absolute atomic E-state index is 11.8. The van der Waals surface area contributed by atoms with Crippen LogP contribution in [-0.4, -0.2) is 26.9 Å². The van der Waals surface area contributed by atoms with Crippen molar-refractivity contribution in [1.29, 1.82) is 0 Å². The summed E-state index contributed by atoms with van der Waals surface area (Å²) in [5.41, 5.74) is 3.53. The molecule has 2 heterocycles. The van der Waals surface area contributed by atoms with Crippen LogP contribution < -0.4 is 0 Å². The average molecular weight is 285 g/mol. The maximum atomic E-state index is 11.8. The molecule has 0 radical (unpaired) electrons. The molecule has 3 rings (SSSR count). The van der Waals surface area contributed by atoms with Crippen molar-refractivity contribution in [3.63, 3.8) is 0 Å². The molecule has 108 valence electrons. The maximum Gasteiger partial charge on any atom is 0.346 e. The molecule has 2 aromatic heterocycles. The molecule has 0 aliphatic heterocycles. The van der Waals surface area contributed by atoms with Crippen LogP contribution in [0.3, 0.4) is 0 Å². The van der Waals surface area contributed by atoms with Gasteiger partial charge in [-0.3, -0.25) is 9.29 Å². The number of hydrogen-bond acceptors (Lipinski definition) is 5. The number of para-hydroxylation sites is 1.